The number of halogens is 1. The Morgan fingerprint density at radius 1 is 0.905 bits per heavy atom. The fourth-order valence-corrected chi connectivity index (χ4v) is 6.19. The summed E-state index contributed by atoms with van der Waals surface area (Å²) in [5.74, 6) is -1.34. The van der Waals surface area contributed by atoms with E-state index in [4.69, 9.17) is 0 Å². The van der Waals surface area contributed by atoms with E-state index in [0.717, 1.165) is 63.1 Å². The molecule has 0 saturated heterocycles. The zero-order valence-electron chi connectivity index (χ0n) is 24.4. The quantitative estimate of drug-likeness (QED) is 0.336. The van der Waals surface area contributed by atoms with Gasteiger partial charge < -0.3 is 10.2 Å². The molecular weight excluding hydrogens is 555 g/mol. The van der Waals surface area contributed by atoms with E-state index in [1.54, 1.807) is 0 Å². The van der Waals surface area contributed by atoms with Crippen molar-refractivity contribution in [3.05, 3.63) is 101 Å². The molecule has 3 aromatic rings. The van der Waals surface area contributed by atoms with E-state index in [-0.39, 0.29) is 30.6 Å². The normalized spacial score (nSPS) is 14.5. The Kier molecular flexibility index (Phi) is 10.3. The number of aryl methyl sites for hydroxylation is 1. The van der Waals surface area contributed by atoms with Gasteiger partial charge in [-0.3, -0.25) is 9.59 Å². The number of carbonyl (C=O) groups is 2. The van der Waals surface area contributed by atoms with Crippen LogP contribution in [0.4, 0.5) is 10.1 Å². The van der Waals surface area contributed by atoms with Crippen molar-refractivity contribution in [2.45, 2.75) is 57.7 Å². The van der Waals surface area contributed by atoms with Crippen molar-refractivity contribution in [2.24, 2.45) is 0 Å². The van der Waals surface area contributed by atoms with Crippen LogP contribution in [-0.2, 0) is 32.8 Å². The van der Waals surface area contributed by atoms with Crippen molar-refractivity contribution >= 4 is 27.7 Å². The fourth-order valence-electron chi connectivity index (χ4n) is 5.14. The van der Waals surface area contributed by atoms with Crippen LogP contribution in [0.2, 0.25) is 0 Å². The molecule has 1 aliphatic rings. The zero-order chi connectivity index (χ0) is 30.3. The molecule has 1 fully saturated rings. The molecule has 0 spiro atoms. The smallest absolute Gasteiger partial charge is 0.304 e. The van der Waals surface area contributed by atoms with Gasteiger partial charge >= 0.3 is 10.2 Å². The number of rotatable bonds is 12. The van der Waals surface area contributed by atoms with Gasteiger partial charge in [-0.1, -0.05) is 73.0 Å². The minimum Gasteiger partial charge on any atom is -0.352 e. The lowest BCUT2D eigenvalue weighted by atomic mass is 10.0. The summed E-state index contributed by atoms with van der Waals surface area (Å²) in [7, 11) is -1.40. The molecule has 1 aliphatic carbocycles. The Balaban J connectivity index is 1.74. The third-order valence-electron chi connectivity index (χ3n) is 7.58. The van der Waals surface area contributed by atoms with Crippen molar-refractivity contribution < 1.29 is 22.4 Å². The highest BCUT2D eigenvalue weighted by molar-refractivity contribution is 7.90. The lowest BCUT2D eigenvalue weighted by Crippen LogP contribution is -2.55. The molecule has 0 aliphatic heterocycles. The first-order chi connectivity index (χ1) is 20.0. The van der Waals surface area contributed by atoms with E-state index in [2.05, 4.69) is 5.32 Å². The summed E-state index contributed by atoms with van der Waals surface area (Å²) in [4.78, 5) is 29.6. The van der Waals surface area contributed by atoms with Gasteiger partial charge in [0.25, 0.3) is 0 Å². The van der Waals surface area contributed by atoms with E-state index in [1.165, 1.54) is 31.1 Å². The monoisotopic (exact) mass is 594 g/mol. The van der Waals surface area contributed by atoms with Crippen molar-refractivity contribution in [1.82, 2.24) is 14.5 Å². The third-order valence-corrected chi connectivity index (χ3v) is 9.40. The van der Waals surface area contributed by atoms with Gasteiger partial charge in [0.1, 0.15) is 18.4 Å². The maximum atomic E-state index is 14.3. The first-order valence-corrected chi connectivity index (χ1v) is 15.6. The van der Waals surface area contributed by atoms with Crippen LogP contribution >= 0.6 is 0 Å². The van der Waals surface area contributed by atoms with Gasteiger partial charge in [-0.25, -0.2) is 8.70 Å². The standard InChI is InChI=1S/C32H39FN4O4S/c1-24-13-15-26(16-14-24)22-36(30(21-25-9-5-4-6-10-25)32(39)34-28-11-7-8-12-28)31(38)23-37(42(40,41)35(2)3)29-19-17-27(33)18-20-29/h4-6,9-10,13-20,28,30H,7-8,11-12,21-23H2,1-3H3,(H,34,39). The highest BCUT2D eigenvalue weighted by Crippen LogP contribution is 2.23. The Hall–Kier alpha value is -3.76. The molecule has 8 nitrogen and oxygen atoms in total. The number of hydrogen-bond donors (Lipinski definition) is 1. The van der Waals surface area contributed by atoms with E-state index in [9.17, 15) is 22.4 Å². The van der Waals surface area contributed by atoms with Crippen LogP contribution in [0, 0.1) is 12.7 Å². The molecule has 2 amide bonds. The summed E-state index contributed by atoms with van der Waals surface area (Å²) < 4.78 is 42.5. The number of nitrogens with one attached hydrogen (secondary N) is 1. The van der Waals surface area contributed by atoms with Gasteiger partial charge in [-0.15, -0.1) is 0 Å². The maximum absolute atomic E-state index is 14.3. The largest absolute Gasteiger partial charge is 0.352 e. The topological polar surface area (TPSA) is 90.0 Å². The predicted octanol–water partition coefficient (Wildman–Crippen LogP) is 4.45. The molecule has 3 aromatic carbocycles. The molecule has 42 heavy (non-hydrogen) atoms. The molecule has 224 valence electrons. The van der Waals surface area contributed by atoms with Gasteiger partial charge in [-0.05, 0) is 55.2 Å². The molecule has 1 unspecified atom stereocenters. The van der Waals surface area contributed by atoms with Gasteiger partial charge in [0, 0.05) is 33.1 Å². The van der Waals surface area contributed by atoms with Crippen LogP contribution in [0.3, 0.4) is 0 Å². The summed E-state index contributed by atoms with van der Waals surface area (Å²) in [5, 5.41) is 3.15. The molecule has 0 aromatic heterocycles. The van der Waals surface area contributed by atoms with Gasteiger partial charge in [0.05, 0.1) is 5.69 Å². The van der Waals surface area contributed by atoms with Crippen LogP contribution in [0.25, 0.3) is 0 Å². The summed E-state index contributed by atoms with van der Waals surface area (Å²) in [6.07, 6.45) is 4.10. The van der Waals surface area contributed by atoms with Crippen LogP contribution in [0.15, 0.2) is 78.9 Å². The van der Waals surface area contributed by atoms with Gasteiger partial charge in [0.2, 0.25) is 11.8 Å². The average Bonchev–Trinajstić information content (AvgIpc) is 3.48. The van der Waals surface area contributed by atoms with E-state index in [1.807, 2.05) is 61.5 Å². The Labute approximate surface area is 248 Å². The molecule has 0 bridgehead atoms. The number of amides is 2. The van der Waals surface area contributed by atoms with Crippen LogP contribution in [0.5, 0.6) is 0 Å². The minimum atomic E-state index is -4.14. The second-order valence-corrected chi connectivity index (χ2v) is 13.0. The molecule has 0 radical (unpaired) electrons. The fraction of sp³-hybridized carbons (Fsp3) is 0.375. The van der Waals surface area contributed by atoms with Crippen molar-refractivity contribution in [3.63, 3.8) is 0 Å². The van der Waals surface area contributed by atoms with E-state index in [0.29, 0.717) is 0 Å². The van der Waals surface area contributed by atoms with E-state index < -0.39 is 34.5 Å². The Morgan fingerprint density at radius 3 is 2.12 bits per heavy atom. The van der Waals surface area contributed by atoms with Crippen molar-refractivity contribution in [1.29, 1.82) is 0 Å². The molecule has 10 heteroatoms. The second kappa shape index (κ2) is 13.9. The van der Waals surface area contributed by atoms with E-state index >= 15 is 0 Å². The predicted molar refractivity (Wildman–Crippen MR) is 162 cm³/mol. The minimum absolute atomic E-state index is 0.0388. The highest BCUT2D eigenvalue weighted by atomic mass is 32.2. The number of anilines is 1. The number of carbonyl (C=O) groups excluding carboxylic acids is 2. The third kappa shape index (κ3) is 7.95. The molecule has 4 rings (SSSR count). The molecular formula is C32H39FN4O4S. The number of benzene rings is 3. The summed E-state index contributed by atoms with van der Waals surface area (Å²) >= 11 is 0. The summed E-state index contributed by atoms with van der Waals surface area (Å²) in [6.45, 7) is 1.50. The van der Waals surface area contributed by atoms with Crippen molar-refractivity contribution in [2.75, 3.05) is 24.9 Å². The van der Waals surface area contributed by atoms with Crippen LogP contribution in [-0.4, -0.2) is 62.2 Å². The number of nitrogens with zero attached hydrogens (tertiary/aromatic N) is 3. The first kappa shape index (κ1) is 31.2. The first-order valence-electron chi connectivity index (χ1n) is 14.2. The van der Waals surface area contributed by atoms with Crippen LogP contribution in [0.1, 0.15) is 42.4 Å². The lowest BCUT2D eigenvalue weighted by Gasteiger charge is -2.35. The summed E-state index contributed by atoms with van der Waals surface area (Å²) in [5.41, 5.74) is 2.88. The Bertz CT molecular complexity index is 1440. The average molecular weight is 595 g/mol. The lowest BCUT2D eigenvalue weighted by molar-refractivity contribution is -0.140. The molecule has 1 N–H and O–H groups in total. The van der Waals surface area contributed by atoms with Crippen molar-refractivity contribution in [3.8, 4) is 0 Å². The molecule has 1 saturated carbocycles. The second-order valence-electron chi connectivity index (χ2n) is 11.0. The zero-order valence-corrected chi connectivity index (χ0v) is 25.2. The highest BCUT2D eigenvalue weighted by Gasteiger charge is 2.35. The molecule has 1 atom stereocenters. The molecule has 0 heterocycles. The number of hydrogen-bond acceptors (Lipinski definition) is 4. The van der Waals surface area contributed by atoms with Gasteiger partial charge in [0.15, 0.2) is 0 Å². The summed E-state index contributed by atoms with van der Waals surface area (Å²) in [6, 6.07) is 21.2. The SMILES string of the molecule is Cc1ccc(CN(C(=O)CN(c2ccc(F)cc2)S(=O)(=O)N(C)C)C(Cc2ccccc2)C(=O)NC2CCCC2)cc1. The van der Waals surface area contributed by atoms with Crippen LogP contribution < -0.4 is 9.62 Å². The van der Waals surface area contributed by atoms with Gasteiger partial charge in [-0.2, -0.15) is 12.7 Å². The Morgan fingerprint density at radius 2 is 1.52 bits per heavy atom. The maximum Gasteiger partial charge on any atom is 0.304 e.